The second kappa shape index (κ2) is 7.10. The van der Waals surface area contributed by atoms with Gasteiger partial charge in [-0.2, -0.15) is 10.2 Å². The SMILES string of the molecule is O=C=Nc1cc(F)c(C(=O)OC2CCCCC2)c(-c2nn[nH]n2)c1. The number of nitrogens with zero attached hydrogens (tertiary/aromatic N) is 4. The standard InChI is InChI=1S/C15H14FN5O3/c16-12-7-9(17-8-22)6-11(14-18-20-21-19-14)13(12)15(23)24-10-4-2-1-3-5-10/h6-7,10H,1-5H2,(H,18,19,20,21). The van der Waals surface area contributed by atoms with Crippen LogP contribution in [0.3, 0.4) is 0 Å². The summed E-state index contributed by atoms with van der Waals surface area (Å²) in [7, 11) is 0. The molecule has 0 unspecified atom stereocenters. The molecule has 1 aromatic carbocycles. The second-order valence-electron chi connectivity index (χ2n) is 5.45. The lowest BCUT2D eigenvalue weighted by Crippen LogP contribution is -2.22. The van der Waals surface area contributed by atoms with Crippen molar-refractivity contribution in [2.75, 3.05) is 0 Å². The third-order valence-electron chi connectivity index (χ3n) is 3.87. The number of aromatic amines is 1. The van der Waals surface area contributed by atoms with Gasteiger partial charge < -0.3 is 4.74 Å². The van der Waals surface area contributed by atoms with Gasteiger partial charge in [0, 0.05) is 11.6 Å². The summed E-state index contributed by atoms with van der Waals surface area (Å²) < 4.78 is 19.9. The first-order valence-electron chi connectivity index (χ1n) is 7.55. The molecule has 0 radical (unpaired) electrons. The number of tetrazole rings is 1. The van der Waals surface area contributed by atoms with E-state index in [1.54, 1.807) is 0 Å². The third-order valence-corrected chi connectivity index (χ3v) is 3.87. The topological polar surface area (TPSA) is 110 Å². The van der Waals surface area contributed by atoms with Gasteiger partial charge in [0.1, 0.15) is 17.5 Å². The van der Waals surface area contributed by atoms with Crippen LogP contribution in [0, 0.1) is 5.82 Å². The van der Waals surface area contributed by atoms with Gasteiger partial charge in [-0.3, -0.25) is 0 Å². The highest BCUT2D eigenvalue weighted by Gasteiger charge is 2.26. The lowest BCUT2D eigenvalue weighted by atomic mass is 9.97. The van der Waals surface area contributed by atoms with Crippen molar-refractivity contribution >= 4 is 17.7 Å². The monoisotopic (exact) mass is 331 g/mol. The van der Waals surface area contributed by atoms with E-state index in [0.29, 0.717) is 0 Å². The number of carbonyl (C=O) groups excluding carboxylic acids is 2. The summed E-state index contributed by atoms with van der Waals surface area (Å²) in [6, 6.07) is 2.28. The first-order valence-corrected chi connectivity index (χ1v) is 7.55. The van der Waals surface area contributed by atoms with Crippen LogP contribution in [-0.4, -0.2) is 38.8 Å². The molecule has 9 heteroatoms. The van der Waals surface area contributed by atoms with Crippen molar-refractivity contribution in [1.29, 1.82) is 0 Å². The Balaban J connectivity index is 1.98. The molecule has 0 aliphatic heterocycles. The highest BCUT2D eigenvalue weighted by atomic mass is 19.1. The molecule has 1 aliphatic rings. The van der Waals surface area contributed by atoms with Gasteiger partial charge in [-0.25, -0.2) is 14.0 Å². The predicted octanol–water partition coefficient (Wildman–Crippen LogP) is 2.46. The normalized spacial score (nSPS) is 14.9. The van der Waals surface area contributed by atoms with Crippen molar-refractivity contribution in [3.63, 3.8) is 0 Å². The summed E-state index contributed by atoms with van der Waals surface area (Å²) in [5.41, 5.74) is -0.248. The van der Waals surface area contributed by atoms with Crippen LogP contribution in [0.4, 0.5) is 10.1 Å². The van der Waals surface area contributed by atoms with E-state index >= 15 is 0 Å². The summed E-state index contributed by atoms with van der Waals surface area (Å²) in [6.07, 6.45) is 5.69. The molecule has 1 heterocycles. The molecule has 0 spiro atoms. The Kier molecular flexibility index (Phi) is 4.72. The van der Waals surface area contributed by atoms with E-state index in [4.69, 9.17) is 4.74 Å². The third kappa shape index (κ3) is 3.36. The van der Waals surface area contributed by atoms with E-state index in [1.807, 2.05) is 0 Å². The number of esters is 1. The van der Waals surface area contributed by atoms with Gasteiger partial charge in [-0.15, -0.1) is 10.2 Å². The summed E-state index contributed by atoms with van der Waals surface area (Å²) in [6.45, 7) is 0. The van der Waals surface area contributed by atoms with Gasteiger partial charge in [0.05, 0.1) is 5.69 Å². The Bertz CT molecular complexity index is 781. The highest BCUT2D eigenvalue weighted by Crippen LogP contribution is 2.30. The number of isocyanates is 1. The average Bonchev–Trinajstić information content (AvgIpc) is 3.09. The molecule has 0 bridgehead atoms. The summed E-state index contributed by atoms with van der Waals surface area (Å²) >= 11 is 0. The lowest BCUT2D eigenvalue weighted by Gasteiger charge is -2.22. The van der Waals surface area contributed by atoms with E-state index in [0.717, 1.165) is 38.2 Å². The maximum Gasteiger partial charge on any atom is 0.342 e. The van der Waals surface area contributed by atoms with Crippen molar-refractivity contribution < 1.29 is 18.7 Å². The first kappa shape index (κ1) is 15.9. The minimum Gasteiger partial charge on any atom is -0.459 e. The average molecular weight is 331 g/mol. The van der Waals surface area contributed by atoms with Crippen LogP contribution in [0.2, 0.25) is 0 Å². The molecule has 1 aromatic heterocycles. The first-order chi connectivity index (χ1) is 11.7. The molecule has 0 amide bonds. The van der Waals surface area contributed by atoms with E-state index in [2.05, 4.69) is 25.6 Å². The Morgan fingerprint density at radius 2 is 2.12 bits per heavy atom. The number of carbonyl (C=O) groups is 1. The molecule has 8 nitrogen and oxygen atoms in total. The summed E-state index contributed by atoms with van der Waals surface area (Å²) in [5, 5.41) is 13.1. The van der Waals surface area contributed by atoms with Gasteiger partial charge in [0.15, 0.2) is 0 Å². The molecule has 1 saturated carbocycles. The van der Waals surface area contributed by atoms with E-state index in [9.17, 15) is 14.0 Å². The smallest absolute Gasteiger partial charge is 0.342 e. The number of rotatable bonds is 4. The van der Waals surface area contributed by atoms with Crippen molar-refractivity contribution in [2.45, 2.75) is 38.2 Å². The Labute approximate surface area is 136 Å². The number of benzene rings is 1. The van der Waals surface area contributed by atoms with E-state index in [1.165, 1.54) is 12.1 Å². The maximum atomic E-state index is 14.5. The van der Waals surface area contributed by atoms with E-state index in [-0.39, 0.29) is 28.7 Å². The number of ether oxygens (including phenoxy) is 1. The van der Waals surface area contributed by atoms with Crippen LogP contribution in [-0.2, 0) is 9.53 Å². The van der Waals surface area contributed by atoms with Gasteiger partial charge in [-0.05, 0) is 37.0 Å². The molecule has 24 heavy (non-hydrogen) atoms. The maximum absolute atomic E-state index is 14.5. The van der Waals surface area contributed by atoms with Crippen LogP contribution in [0.5, 0.6) is 0 Å². The molecule has 0 saturated heterocycles. The fourth-order valence-electron chi connectivity index (χ4n) is 2.76. The van der Waals surface area contributed by atoms with Crippen LogP contribution in [0.15, 0.2) is 17.1 Å². The number of aliphatic imine (C=N–C) groups is 1. The molecule has 2 aromatic rings. The lowest BCUT2D eigenvalue weighted by molar-refractivity contribution is 0.0207. The van der Waals surface area contributed by atoms with Crippen molar-refractivity contribution in [3.05, 3.63) is 23.5 Å². The zero-order chi connectivity index (χ0) is 16.9. The molecule has 124 valence electrons. The van der Waals surface area contributed by atoms with Crippen molar-refractivity contribution in [3.8, 4) is 11.4 Å². The number of halogens is 1. The van der Waals surface area contributed by atoms with Gasteiger partial charge in [0.25, 0.3) is 0 Å². The highest BCUT2D eigenvalue weighted by molar-refractivity contribution is 5.97. The van der Waals surface area contributed by atoms with Crippen LogP contribution in [0.1, 0.15) is 42.5 Å². The van der Waals surface area contributed by atoms with E-state index < -0.39 is 11.8 Å². The summed E-state index contributed by atoms with van der Waals surface area (Å²) in [4.78, 5) is 26.2. The fourth-order valence-corrected chi connectivity index (χ4v) is 2.76. The Morgan fingerprint density at radius 1 is 1.33 bits per heavy atom. The number of hydrogen-bond acceptors (Lipinski definition) is 7. The molecular formula is C15H14FN5O3. The number of aromatic nitrogens is 4. The number of nitrogens with one attached hydrogen (secondary N) is 1. The largest absolute Gasteiger partial charge is 0.459 e. The minimum absolute atomic E-state index is 0.00323. The molecule has 1 fully saturated rings. The van der Waals surface area contributed by atoms with Crippen LogP contribution >= 0.6 is 0 Å². The van der Waals surface area contributed by atoms with Crippen molar-refractivity contribution in [1.82, 2.24) is 20.6 Å². The molecular weight excluding hydrogens is 317 g/mol. The Morgan fingerprint density at radius 3 is 2.79 bits per heavy atom. The predicted molar refractivity (Wildman–Crippen MR) is 79.6 cm³/mol. The molecule has 1 N–H and O–H groups in total. The van der Waals surface area contributed by atoms with Gasteiger partial charge in [-0.1, -0.05) is 6.42 Å². The fraction of sp³-hybridized carbons (Fsp3) is 0.400. The quantitative estimate of drug-likeness (QED) is 0.523. The number of hydrogen-bond donors (Lipinski definition) is 1. The van der Waals surface area contributed by atoms with Crippen molar-refractivity contribution in [2.24, 2.45) is 4.99 Å². The zero-order valence-electron chi connectivity index (χ0n) is 12.7. The molecule has 3 rings (SSSR count). The second-order valence-corrected chi connectivity index (χ2v) is 5.45. The minimum atomic E-state index is -0.868. The molecule has 0 atom stereocenters. The number of H-pyrrole nitrogens is 1. The van der Waals surface area contributed by atoms with Crippen LogP contribution in [0.25, 0.3) is 11.4 Å². The van der Waals surface area contributed by atoms with Crippen LogP contribution < -0.4 is 0 Å². The van der Waals surface area contributed by atoms with Gasteiger partial charge in [0.2, 0.25) is 11.9 Å². The zero-order valence-corrected chi connectivity index (χ0v) is 12.7. The molecule has 1 aliphatic carbocycles. The van der Waals surface area contributed by atoms with Gasteiger partial charge >= 0.3 is 5.97 Å². The Hall–Kier alpha value is -2.93. The summed E-state index contributed by atoms with van der Waals surface area (Å²) in [5.74, 6) is -1.65.